The van der Waals surface area contributed by atoms with Gasteiger partial charge in [-0.05, 0) is 44.5 Å². The summed E-state index contributed by atoms with van der Waals surface area (Å²) < 4.78 is 7.16. The fourth-order valence-electron chi connectivity index (χ4n) is 2.52. The molecule has 0 radical (unpaired) electrons. The number of ether oxygens (including phenoxy) is 1. The average Bonchev–Trinajstić information content (AvgIpc) is 2.88. The summed E-state index contributed by atoms with van der Waals surface area (Å²) in [5.74, 6) is -0.521. The minimum Gasteiger partial charge on any atom is -0.455 e. The lowest BCUT2D eigenvalue weighted by molar-refractivity contribution is 0.00620. The fraction of sp³-hybridized carbons (Fsp3) is 0.312. The van der Waals surface area contributed by atoms with E-state index in [1.807, 2.05) is 18.2 Å². The Morgan fingerprint density at radius 3 is 2.48 bits per heavy atom. The summed E-state index contributed by atoms with van der Waals surface area (Å²) in [6.07, 6.45) is 1.56. The van der Waals surface area contributed by atoms with E-state index in [0.29, 0.717) is 11.4 Å². The largest absolute Gasteiger partial charge is 0.455 e. The summed E-state index contributed by atoms with van der Waals surface area (Å²) in [5, 5.41) is -0.611. The first-order valence-corrected chi connectivity index (χ1v) is 7.52. The Kier molecular flexibility index (Phi) is 3.64. The van der Waals surface area contributed by atoms with Gasteiger partial charge in [-0.3, -0.25) is 14.3 Å². The van der Waals surface area contributed by atoms with Gasteiger partial charge >= 0.3 is 11.3 Å². The topological polar surface area (TPSA) is 64.4 Å². The van der Waals surface area contributed by atoms with Gasteiger partial charge in [0, 0.05) is 0 Å². The molecule has 0 saturated carbocycles. The van der Waals surface area contributed by atoms with E-state index in [2.05, 4.69) is 4.98 Å². The zero-order valence-corrected chi connectivity index (χ0v) is 13.8. The smallest absolute Gasteiger partial charge is 0.359 e. The first kappa shape index (κ1) is 15.6. The molecule has 120 valence electrons. The molecule has 0 atom stereocenters. The van der Waals surface area contributed by atoms with Crippen LogP contribution in [0.3, 0.4) is 0 Å². The molecule has 0 unspecified atom stereocenters. The number of esters is 1. The summed E-state index contributed by atoms with van der Waals surface area (Å²) in [6, 6.07) is 7.30. The molecule has 0 bridgehead atoms. The number of hydrogen-bond donors (Lipinski definition) is 0. The Hall–Kier alpha value is -2.34. The molecule has 0 N–H and O–H groups in total. The third kappa shape index (κ3) is 2.82. The van der Waals surface area contributed by atoms with Crippen molar-refractivity contribution in [2.24, 2.45) is 0 Å². The molecule has 23 heavy (non-hydrogen) atoms. The van der Waals surface area contributed by atoms with Crippen LogP contribution in [0, 0.1) is 0 Å². The molecular weight excluding hydrogens is 318 g/mol. The molecule has 1 aliphatic heterocycles. The predicted molar refractivity (Wildman–Crippen MR) is 86.2 cm³/mol. The number of benzene rings is 1. The third-order valence-electron chi connectivity index (χ3n) is 3.41. The minimum absolute atomic E-state index is 0.161. The van der Waals surface area contributed by atoms with Crippen LogP contribution in [0.2, 0.25) is 0 Å². The van der Waals surface area contributed by atoms with Gasteiger partial charge in [-0.2, -0.15) is 0 Å². The molecule has 2 heterocycles. The average molecular weight is 334 g/mol. The monoisotopic (exact) mass is 333 g/mol. The summed E-state index contributed by atoms with van der Waals surface area (Å²) >= 11 is 5.70. The number of imidazole rings is 1. The molecule has 2 aromatic rings. The van der Waals surface area contributed by atoms with Crippen LogP contribution in [-0.2, 0) is 11.3 Å². The van der Waals surface area contributed by atoms with Gasteiger partial charge in [0.15, 0.2) is 5.69 Å². The Morgan fingerprint density at radius 1 is 1.22 bits per heavy atom. The van der Waals surface area contributed by atoms with E-state index in [-0.39, 0.29) is 12.2 Å². The second-order valence-corrected chi connectivity index (χ2v) is 6.56. The predicted octanol–water partition coefficient (Wildman–Crippen LogP) is 3.51. The van der Waals surface area contributed by atoms with Crippen LogP contribution in [0.5, 0.6) is 0 Å². The fourth-order valence-corrected chi connectivity index (χ4v) is 2.67. The van der Waals surface area contributed by atoms with E-state index in [1.165, 1.54) is 4.90 Å². The Bertz CT molecular complexity index is 792. The number of carbonyl (C=O) groups is 2. The van der Waals surface area contributed by atoms with Crippen molar-refractivity contribution in [2.75, 3.05) is 4.90 Å². The Balaban J connectivity index is 2.08. The van der Waals surface area contributed by atoms with E-state index in [4.69, 9.17) is 16.3 Å². The molecule has 1 aromatic heterocycles. The number of amides is 1. The van der Waals surface area contributed by atoms with Crippen LogP contribution in [0.4, 0.5) is 10.5 Å². The highest BCUT2D eigenvalue weighted by Gasteiger charge is 2.31. The van der Waals surface area contributed by atoms with Crippen LogP contribution in [0.1, 0.15) is 37.0 Å². The van der Waals surface area contributed by atoms with E-state index in [0.717, 1.165) is 5.69 Å². The van der Waals surface area contributed by atoms with Crippen molar-refractivity contribution in [3.63, 3.8) is 0 Å². The lowest BCUT2D eigenvalue weighted by Crippen LogP contribution is -2.32. The van der Waals surface area contributed by atoms with Crippen molar-refractivity contribution < 1.29 is 14.3 Å². The molecule has 1 aliphatic rings. The summed E-state index contributed by atoms with van der Waals surface area (Å²) in [5.41, 5.74) is 1.56. The first-order valence-electron chi connectivity index (χ1n) is 7.14. The quantitative estimate of drug-likeness (QED) is 0.455. The first-order chi connectivity index (χ1) is 10.8. The SMILES string of the molecule is CC(C)(C)OC(=O)c1ncn2c1CN(C(=O)Cl)c1ccccc1-2. The van der Waals surface area contributed by atoms with Gasteiger partial charge < -0.3 is 4.74 Å². The number of anilines is 1. The van der Waals surface area contributed by atoms with Crippen LogP contribution in [0.25, 0.3) is 5.69 Å². The van der Waals surface area contributed by atoms with Crippen LogP contribution < -0.4 is 4.90 Å². The minimum atomic E-state index is -0.623. The van der Waals surface area contributed by atoms with Crippen molar-refractivity contribution in [1.29, 1.82) is 0 Å². The lowest BCUT2D eigenvalue weighted by Gasteiger charge is -2.29. The molecule has 0 aliphatic carbocycles. The van der Waals surface area contributed by atoms with E-state index >= 15 is 0 Å². The van der Waals surface area contributed by atoms with E-state index < -0.39 is 16.9 Å². The second kappa shape index (κ2) is 5.38. The Morgan fingerprint density at radius 2 is 1.87 bits per heavy atom. The number of fused-ring (bicyclic) bond motifs is 3. The van der Waals surface area contributed by atoms with Gasteiger partial charge in [-0.25, -0.2) is 9.78 Å². The van der Waals surface area contributed by atoms with Gasteiger partial charge in [0.2, 0.25) is 0 Å². The molecule has 0 saturated heterocycles. The molecule has 6 nitrogen and oxygen atoms in total. The van der Waals surface area contributed by atoms with Crippen LogP contribution in [0.15, 0.2) is 30.6 Å². The van der Waals surface area contributed by atoms with Gasteiger partial charge in [0.25, 0.3) is 0 Å². The summed E-state index contributed by atoms with van der Waals surface area (Å²) in [6.45, 7) is 5.53. The highest BCUT2D eigenvalue weighted by Crippen LogP contribution is 2.34. The summed E-state index contributed by atoms with van der Waals surface area (Å²) in [4.78, 5) is 29.7. The standard InChI is InChI=1S/C16H16ClN3O3/c1-16(2,3)23-14(21)13-12-8-19(15(17)22)10-6-4-5-7-11(10)20(12)9-18-13/h4-7,9H,8H2,1-3H3. The normalized spacial score (nSPS) is 13.3. The zero-order chi connectivity index (χ0) is 16.8. The molecule has 1 amide bonds. The van der Waals surface area contributed by atoms with Crippen molar-refractivity contribution in [1.82, 2.24) is 9.55 Å². The van der Waals surface area contributed by atoms with Gasteiger partial charge in [-0.1, -0.05) is 12.1 Å². The van der Waals surface area contributed by atoms with Crippen molar-refractivity contribution >= 4 is 28.6 Å². The van der Waals surface area contributed by atoms with E-state index in [1.54, 1.807) is 37.7 Å². The number of nitrogens with zero attached hydrogens (tertiary/aromatic N) is 3. The molecular formula is C16H16ClN3O3. The highest BCUT2D eigenvalue weighted by molar-refractivity contribution is 6.66. The molecule has 1 aromatic carbocycles. The third-order valence-corrected chi connectivity index (χ3v) is 3.61. The number of carbonyl (C=O) groups excluding carboxylic acids is 2. The number of rotatable bonds is 1. The zero-order valence-electron chi connectivity index (χ0n) is 13.0. The van der Waals surface area contributed by atoms with Gasteiger partial charge in [0.05, 0.1) is 23.6 Å². The van der Waals surface area contributed by atoms with Crippen LogP contribution >= 0.6 is 11.6 Å². The molecule has 3 rings (SSSR count). The maximum Gasteiger partial charge on any atom is 0.359 e. The maximum atomic E-state index is 12.3. The number of aromatic nitrogens is 2. The molecule has 7 heteroatoms. The maximum absolute atomic E-state index is 12.3. The lowest BCUT2D eigenvalue weighted by atomic mass is 10.1. The highest BCUT2D eigenvalue weighted by atomic mass is 35.5. The second-order valence-electron chi connectivity index (χ2n) is 6.24. The van der Waals surface area contributed by atoms with Gasteiger partial charge in [-0.15, -0.1) is 0 Å². The number of hydrogen-bond acceptors (Lipinski definition) is 4. The molecule has 0 fully saturated rings. The van der Waals surface area contributed by atoms with Gasteiger partial charge in [0.1, 0.15) is 11.9 Å². The summed E-state index contributed by atoms with van der Waals surface area (Å²) in [7, 11) is 0. The van der Waals surface area contributed by atoms with Crippen molar-refractivity contribution in [2.45, 2.75) is 32.9 Å². The number of para-hydroxylation sites is 2. The van der Waals surface area contributed by atoms with Crippen LogP contribution in [-0.4, -0.2) is 26.5 Å². The Labute approximate surface area is 138 Å². The van der Waals surface area contributed by atoms with Crippen molar-refractivity contribution in [3.8, 4) is 5.69 Å². The number of halogens is 1. The molecule has 0 spiro atoms. The van der Waals surface area contributed by atoms with Crippen molar-refractivity contribution in [3.05, 3.63) is 42.0 Å². The van der Waals surface area contributed by atoms with E-state index in [9.17, 15) is 9.59 Å².